The third kappa shape index (κ3) is 4.16. The molecule has 30 heavy (non-hydrogen) atoms. The first-order valence-corrected chi connectivity index (χ1v) is 9.94. The molecule has 0 spiro atoms. The molecule has 1 heterocycles. The van der Waals surface area contributed by atoms with Crippen LogP contribution in [0.1, 0.15) is 6.42 Å². The molecule has 3 aromatic rings. The number of esters is 1. The second-order valence-corrected chi connectivity index (χ2v) is 7.47. The van der Waals surface area contributed by atoms with Crippen LogP contribution in [-0.2, 0) is 9.59 Å². The predicted octanol–water partition coefficient (Wildman–Crippen LogP) is 4.97. The molecule has 6 heteroatoms. The van der Waals surface area contributed by atoms with Gasteiger partial charge in [0.15, 0.2) is 0 Å². The molecule has 4 rings (SSSR count). The van der Waals surface area contributed by atoms with Crippen molar-refractivity contribution < 1.29 is 19.1 Å². The Kier molecular flexibility index (Phi) is 5.72. The van der Waals surface area contributed by atoms with Gasteiger partial charge >= 0.3 is 5.97 Å². The average Bonchev–Trinajstić information content (AvgIpc) is 3.16. The van der Waals surface area contributed by atoms with Gasteiger partial charge in [0.1, 0.15) is 11.5 Å². The van der Waals surface area contributed by atoms with E-state index < -0.39 is 11.9 Å². The molecule has 0 aromatic heterocycles. The van der Waals surface area contributed by atoms with Crippen molar-refractivity contribution in [2.75, 3.05) is 18.6 Å². The summed E-state index contributed by atoms with van der Waals surface area (Å²) in [6.07, 6.45) is 0.0800. The van der Waals surface area contributed by atoms with Crippen LogP contribution >= 0.6 is 11.6 Å². The lowest BCUT2D eigenvalue weighted by atomic mass is 10.1. The molecule has 5 nitrogen and oxygen atoms in total. The van der Waals surface area contributed by atoms with E-state index in [-0.39, 0.29) is 18.9 Å². The van der Waals surface area contributed by atoms with E-state index in [4.69, 9.17) is 21.1 Å². The summed E-state index contributed by atoms with van der Waals surface area (Å²) in [7, 11) is 1.53. The summed E-state index contributed by atoms with van der Waals surface area (Å²) in [4.78, 5) is 26.7. The fourth-order valence-corrected chi connectivity index (χ4v) is 3.68. The molecule has 1 fully saturated rings. The molecule has 1 amide bonds. The molecular weight excluding hydrogens is 402 g/mol. The maximum atomic E-state index is 12.7. The van der Waals surface area contributed by atoms with Crippen LogP contribution < -0.4 is 14.4 Å². The maximum absolute atomic E-state index is 12.7. The van der Waals surface area contributed by atoms with Gasteiger partial charge in [0.2, 0.25) is 5.91 Å². The number of benzene rings is 3. The Labute approximate surface area is 179 Å². The summed E-state index contributed by atoms with van der Waals surface area (Å²) in [5, 5.41) is 0.489. The number of anilines is 1. The number of hydrogen-bond acceptors (Lipinski definition) is 4. The monoisotopic (exact) mass is 421 g/mol. The molecule has 0 saturated carbocycles. The number of hydrogen-bond donors (Lipinski definition) is 0. The van der Waals surface area contributed by atoms with E-state index in [1.54, 1.807) is 30.3 Å². The largest absolute Gasteiger partial charge is 0.495 e. The lowest BCUT2D eigenvalue weighted by Gasteiger charge is -2.19. The number of halogens is 1. The van der Waals surface area contributed by atoms with Gasteiger partial charge in [-0.2, -0.15) is 0 Å². The molecule has 1 atom stereocenters. The predicted molar refractivity (Wildman–Crippen MR) is 116 cm³/mol. The Morgan fingerprint density at radius 1 is 1.00 bits per heavy atom. The van der Waals surface area contributed by atoms with Crippen molar-refractivity contribution in [3.05, 3.63) is 77.8 Å². The molecule has 1 aliphatic heterocycles. The minimum absolute atomic E-state index is 0.0800. The summed E-state index contributed by atoms with van der Waals surface area (Å²) in [5.41, 5.74) is 2.67. The fraction of sp³-hybridized carbons (Fsp3) is 0.167. The maximum Gasteiger partial charge on any atom is 0.316 e. The summed E-state index contributed by atoms with van der Waals surface area (Å²) in [6, 6.07) is 22.3. The van der Waals surface area contributed by atoms with Crippen LogP contribution in [0.25, 0.3) is 11.1 Å². The summed E-state index contributed by atoms with van der Waals surface area (Å²) in [5.74, 6) is -0.185. The number of carbonyl (C=O) groups excluding carboxylic acids is 2. The van der Waals surface area contributed by atoms with E-state index in [0.717, 1.165) is 11.1 Å². The van der Waals surface area contributed by atoms with Crippen LogP contribution in [0.2, 0.25) is 5.02 Å². The van der Waals surface area contributed by atoms with Crippen LogP contribution in [-0.4, -0.2) is 25.5 Å². The second kappa shape index (κ2) is 8.59. The van der Waals surface area contributed by atoms with Crippen molar-refractivity contribution in [3.8, 4) is 22.6 Å². The zero-order valence-electron chi connectivity index (χ0n) is 16.4. The number of rotatable bonds is 5. The quantitative estimate of drug-likeness (QED) is 0.431. The lowest BCUT2D eigenvalue weighted by Crippen LogP contribution is -2.27. The Hall–Kier alpha value is -3.31. The van der Waals surface area contributed by atoms with Crippen LogP contribution in [0, 0.1) is 5.92 Å². The highest BCUT2D eigenvalue weighted by molar-refractivity contribution is 6.31. The summed E-state index contributed by atoms with van der Waals surface area (Å²) >= 11 is 6.08. The van der Waals surface area contributed by atoms with E-state index in [9.17, 15) is 9.59 Å². The van der Waals surface area contributed by atoms with Gasteiger partial charge in [0, 0.05) is 18.0 Å². The zero-order valence-corrected chi connectivity index (χ0v) is 17.1. The van der Waals surface area contributed by atoms with Gasteiger partial charge in [0.25, 0.3) is 0 Å². The minimum atomic E-state index is -0.560. The molecule has 0 N–H and O–H groups in total. The van der Waals surface area contributed by atoms with Crippen molar-refractivity contribution in [2.45, 2.75) is 6.42 Å². The highest BCUT2D eigenvalue weighted by Gasteiger charge is 2.37. The smallest absolute Gasteiger partial charge is 0.316 e. The van der Waals surface area contributed by atoms with Crippen molar-refractivity contribution in [1.29, 1.82) is 0 Å². The number of amides is 1. The summed E-state index contributed by atoms with van der Waals surface area (Å²) in [6.45, 7) is 0.219. The first-order chi connectivity index (χ1) is 14.5. The van der Waals surface area contributed by atoms with Gasteiger partial charge in [-0.15, -0.1) is 0 Å². The molecule has 0 bridgehead atoms. The van der Waals surface area contributed by atoms with E-state index in [1.807, 2.05) is 42.5 Å². The lowest BCUT2D eigenvalue weighted by molar-refractivity contribution is -0.139. The van der Waals surface area contributed by atoms with Crippen LogP contribution in [0.5, 0.6) is 11.5 Å². The minimum Gasteiger partial charge on any atom is -0.495 e. The Bertz CT molecular complexity index is 1070. The number of ether oxygens (including phenoxy) is 2. The Balaban J connectivity index is 1.45. The van der Waals surface area contributed by atoms with Gasteiger partial charge in [-0.1, -0.05) is 54.1 Å². The summed E-state index contributed by atoms with van der Waals surface area (Å²) < 4.78 is 10.9. The topological polar surface area (TPSA) is 55.8 Å². The number of nitrogens with zero attached hydrogens (tertiary/aromatic N) is 1. The zero-order chi connectivity index (χ0) is 21.1. The molecule has 0 aliphatic carbocycles. The van der Waals surface area contributed by atoms with Crippen LogP contribution in [0.3, 0.4) is 0 Å². The van der Waals surface area contributed by atoms with Gasteiger partial charge < -0.3 is 14.4 Å². The van der Waals surface area contributed by atoms with E-state index in [1.165, 1.54) is 12.0 Å². The Morgan fingerprint density at radius 3 is 2.40 bits per heavy atom. The van der Waals surface area contributed by atoms with Gasteiger partial charge in [-0.05, 0) is 41.5 Å². The molecule has 0 unspecified atom stereocenters. The average molecular weight is 422 g/mol. The first-order valence-electron chi connectivity index (χ1n) is 9.56. The first kappa shape index (κ1) is 20.0. The molecule has 152 valence electrons. The van der Waals surface area contributed by atoms with E-state index in [0.29, 0.717) is 22.2 Å². The highest BCUT2D eigenvalue weighted by atomic mass is 35.5. The van der Waals surface area contributed by atoms with Gasteiger partial charge in [0.05, 0.1) is 18.7 Å². The van der Waals surface area contributed by atoms with Crippen LogP contribution in [0.15, 0.2) is 72.8 Å². The number of carbonyl (C=O) groups is 2. The molecule has 1 saturated heterocycles. The third-order valence-corrected chi connectivity index (χ3v) is 5.31. The van der Waals surface area contributed by atoms with Gasteiger partial charge in [-0.3, -0.25) is 9.59 Å². The SMILES string of the molecule is COc1ccc(Cl)cc1N1C[C@@H](C(=O)Oc2ccc(-c3ccccc3)cc2)CC1=O. The van der Waals surface area contributed by atoms with E-state index in [2.05, 4.69) is 0 Å². The highest BCUT2D eigenvalue weighted by Crippen LogP contribution is 2.35. The standard InChI is InChI=1S/C24H20ClNO4/c1-29-22-12-9-19(25)14-21(22)26-15-18(13-23(26)27)24(28)30-20-10-7-17(8-11-20)16-5-3-2-4-6-16/h2-12,14,18H,13,15H2,1H3/t18-/m0/s1. The van der Waals surface area contributed by atoms with Crippen LogP contribution in [0.4, 0.5) is 5.69 Å². The second-order valence-electron chi connectivity index (χ2n) is 7.03. The van der Waals surface area contributed by atoms with Crippen molar-refractivity contribution in [1.82, 2.24) is 0 Å². The third-order valence-electron chi connectivity index (χ3n) is 5.07. The fourth-order valence-electron chi connectivity index (χ4n) is 3.52. The number of methoxy groups -OCH3 is 1. The normalized spacial score (nSPS) is 15.9. The van der Waals surface area contributed by atoms with Crippen molar-refractivity contribution in [2.24, 2.45) is 5.92 Å². The van der Waals surface area contributed by atoms with Gasteiger partial charge in [-0.25, -0.2) is 0 Å². The molecule has 3 aromatic carbocycles. The van der Waals surface area contributed by atoms with Crippen molar-refractivity contribution >= 4 is 29.2 Å². The molecule has 1 aliphatic rings. The Morgan fingerprint density at radius 2 is 1.70 bits per heavy atom. The van der Waals surface area contributed by atoms with E-state index >= 15 is 0 Å². The molecular formula is C24H20ClNO4. The van der Waals surface area contributed by atoms with Crippen molar-refractivity contribution in [3.63, 3.8) is 0 Å². The molecule has 0 radical (unpaired) electrons.